The minimum Gasteiger partial charge on any atom is -0.377 e. The predicted molar refractivity (Wildman–Crippen MR) is 44.2 cm³/mol. The number of rotatable bonds is 4. The Morgan fingerprint density at radius 3 is 3.08 bits per heavy atom. The lowest BCUT2D eigenvalue weighted by Gasteiger charge is -2.09. The van der Waals surface area contributed by atoms with E-state index in [9.17, 15) is 4.79 Å². The van der Waals surface area contributed by atoms with Crippen LogP contribution in [0.5, 0.6) is 0 Å². The van der Waals surface area contributed by atoms with Gasteiger partial charge in [-0.3, -0.25) is 10.2 Å². The van der Waals surface area contributed by atoms with Gasteiger partial charge in [0.2, 0.25) is 5.91 Å². The standard InChI is InChI=1S/C7H15N3O2/c8-10-7(11)5-9-4-6-2-1-3-12-6/h6,9H,1-5,8H2,(H,10,11)/t6-/m0/s1. The van der Waals surface area contributed by atoms with Crippen molar-refractivity contribution in [2.45, 2.75) is 18.9 Å². The second kappa shape index (κ2) is 5.08. The smallest absolute Gasteiger partial charge is 0.247 e. The molecule has 5 nitrogen and oxygen atoms in total. The van der Waals surface area contributed by atoms with Crippen LogP contribution in [0.2, 0.25) is 0 Å². The lowest BCUT2D eigenvalue weighted by atomic mass is 10.2. The average Bonchev–Trinajstić information content (AvgIpc) is 2.57. The Bertz CT molecular complexity index is 146. The Morgan fingerprint density at radius 2 is 2.50 bits per heavy atom. The van der Waals surface area contributed by atoms with Crippen molar-refractivity contribution in [3.8, 4) is 0 Å². The fourth-order valence-corrected chi connectivity index (χ4v) is 1.20. The number of amides is 1. The van der Waals surface area contributed by atoms with Crippen LogP contribution in [0.3, 0.4) is 0 Å². The third-order valence-electron chi connectivity index (χ3n) is 1.84. The van der Waals surface area contributed by atoms with Gasteiger partial charge in [0.15, 0.2) is 0 Å². The van der Waals surface area contributed by atoms with Crippen molar-refractivity contribution >= 4 is 5.91 Å². The zero-order valence-electron chi connectivity index (χ0n) is 7.01. The van der Waals surface area contributed by atoms with Gasteiger partial charge in [-0.05, 0) is 12.8 Å². The first-order valence-corrected chi connectivity index (χ1v) is 4.14. The summed E-state index contributed by atoms with van der Waals surface area (Å²) in [5.74, 6) is 4.69. The molecule has 1 aliphatic heterocycles. The molecule has 0 unspecified atom stereocenters. The molecule has 4 N–H and O–H groups in total. The molecular weight excluding hydrogens is 158 g/mol. The summed E-state index contributed by atoms with van der Waals surface area (Å²) in [6.45, 7) is 1.83. The van der Waals surface area contributed by atoms with Crippen LogP contribution in [0.15, 0.2) is 0 Å². The first-order chi connectivity index (χ1) is 5.83. The van der Waals surface area contributed by atoms with Crippen LogP contribution >= 0.6 is 0 Å². The maximum atomic E-state index is 10.6. The quantitative estimate of drug-likeness (QED) is 0.282. The molecule has 12 heavy (non-hydrogen) atoms. The van der Waals surface area contributed by atoms with Crippen molar-refractivity contribution in [1.82, 2.24) is 10.7 Å². The van der Waals surface area contributed by atoms with Crippen LogP contribution in [-0.2, 0) is 9.53 Å². The second-order valence-electron chi connectivity index (χ2n) is 2.83. The first-order valence-electron chi connectivity index (χ1n) is 4.14. The van der Waals surface area contributed by atoms with Gasteiger partial charge in [0.05, 0.1) is 12.6 Å². The van der Waals surface area contributed by atoms with Crippen molar-refractivity contribution in [2.75, 3.05) is 19.7 Å². The largest absolute Gasteiger partial charge is 0.377 e. The molecule has 1 amide bonds. The van der Waals surface area contributed by atoms with Gasteiger partial charge in [-0.25, -0.2) is 5.84 Å². The maximum Gasteiger partial charge on any atom is 0.247 e. The monoisotopic (exact) mass is 173 g/mol. The fourth-order valence-electron chi connectivity index (χ4n) is 1.20. The molecule has 0 radical (unpaired) electrons. The summed E-state index contributed by atoms with van der Waals surface area (Å²) in [6, 6.07) is 0. The number of hydrogen-bond acceptors (Lipinski definition) is 4. The topological polar surface area (TPSA) is 76.4 Å². The minimum absolute atomic E-state index is 0.201. The molecule has 1 saturated heterocycles. The van der Waals surface area contributed by atoms with E-state index in [4.69, 9.17) is 10.6 Å². The molecule has 1 atom stereocenters. The molecule has 0 aromatic carbocycles. The highest BCUT2D eigenvalue weighted by molar-refractivity contribution is 5.77. The molecule has 1 fully saturated rings. The Balaban J connectivity index is 1.97. The van der Waals surface area contributed by atoms with E-state index in [0.717, 1.165) is 26.0 Å². The summed E-state index contributed by atoms with van der Waals surface area (Å²) >= 11 is 0. The van der Waals surface area contributed by atoms with E-state index < -0.39 is 0 Å². The molecule has 0 spiro atoms. The van der Waals surface area contributed by atoms with E-state index in [-0.39, 0.29) is 18.6 Å². The molecule has 0 bridgehead atoms. The summed E-state index contributed by atoms with van der Waals surface area (Å²) < 4.78 is 5.34. The summed E-state index contributed by atoms with van der Waals surface area (Å²) in [5.41, 5.74) is 2.05. The van der Waals surface area contributed by atoms with Crippen LogP contribution in [0.25, 0.3) is 0 Å². The molecule has 1 aliphatic rings. The second-order valence-corrected chi connectivity index (χ2v) is 2.83. The maximum absolute atomic E-state index is 10.6. The summed E-state index contributed by atoms with van der Waals surface area (Å²) in [5, 5.41) is 2.96. The number of carbonyl (C=O) groups excluding carboxylic acids is 1. The Labute approximate surface area is 71.6 Å². The number of nitrogens with two attached hydrogens (primary N) is 1. The van der Waals surface area contributed by atoms with Gasteiger partial charge in [0.25, 0.3) is 0 Å². The van der Waals surface area contributed by atoms with Crippen LogP contribution in [0.4, 0.5) is 0 Å². The van der Waals surface area contributed by atoms with Gasteiger partial charge in [-0.1, -0.05) is 0 Å². The van der Waals surface area contributed by atoms with E-state index in [1.54, 1.807) is 0 Å². The number of hydrogen-bond donors (Lipinski definition) is 3. The van der Waals surface area contributed by atoms with E-state index >= 15 is 0 Å². The van der Waals surface area contributed by atoms with Gasteiger partial charge in [-0.2, -0.15) is 0 Å². The number of ether oxygens (including phenoxy) is 1. The lowest BCUT2D eigenvalue weighted by molar-refractivity contribution is -0.120. The third-order valence-corrected chi connectivity index (χ3v) is 1.84. The summed E-state index contributed by atoms with van der Waals surface area (Å²) in [6.07, 6.45) is 2.47. The highest BCUT2D eigenvalue weighted by Crippen LogP contribution is 2.10. The number of carbonyl (C=O) groups is 1. The first kappa shape index (κ1) is 9.44. The van der Waals surface area contributed by atoms with Crippen molar-refractivity contribution in [1.29, 1.82) is 0 Å². The number of nitrogens with one attached hydrogen (secondary N) is 2. The zero-order valence-corrected chi connectivity index (χ0v) is 7.01. The van der Waals surface area contributed by atoms with Crippen LogP contribution in [-0.4, -0.2) is 31.7 Å². The van der Waals surface area contributed by atoms with Crippen LogP contribution in [0.1, 0.15) is 12.8 Å². The average molecular weight is 173 g/mol. The van der Waals surface area contributed by atoms with Gasteiger partial charge >= 0.3 is 0 Å². The lowest BCUT2D eigenvalue weighted by Crippen LogP contribution is -2.40. The Morgan fingerprint density at radius 1 is 1.67 bits per heavy atom. The number of hydrazine groups is 1. The van der Waals surface area contributed by atoms with Gasteiger partial charge in [0.1, 0.15) is 0 Å². The van der Waals surface area contributed by atoms with Crippen molar-refractivity contribution in [2.24, 2.45) is 5.84 Å². The molecule has 0 aliphatic carbocycles. The molecule has 0 saturated carbocycles. The normalized spacial score (nSPS) is 22.6. The Hall–Kier alpha value is -0.650. The van der Waals surface area contributed by atoms with E-state index in [0.29, 0.717) is 0 Å². The SMILES string of the molecule is NNC(=O)CNC[C@@H]1CCCO1. The van der Waals surface area contributed by atoms with Crippen LogP contribution in [0, 0.1) is 0 Å². The third kappa shape index (κ3) is 3.17. The molecular formula is C7H15N3O2. The molecule has 1 rings (SSSR count). The summed E-state index contributed by atoms with van der Waals surface area (Å²) in [7, 11) is 0. The molecule has 1 heterocycles. The zero-order chi connectivity index (χ0) is 8.81. The summed E-state index contributed by atoms with van der Waals surface area (Å²) in [4.78, 5) is 10.6. The van der Waals surface area contributed by atoms with Crippen molar-refractivity contribution in [3.63, 3.8) is 0 Å². The fraction of sp³-hybridized carbons (Fsp3) is 0.857. The molecule has 0 aromatic rings. The predicted octanol–water partition coefficient (Wildman–Crippen LogP) is -1.26. The van der Waals surface area contributed by atoms with Crippen LogP contribution < -0.4 is 16.6 Å². The van der Waals surface area contributed by atoms with E-state index in [1.165, 1.54) is 0 Å². The Kier molecular flexibility index (Phi) is 3.99. The van der Waals surface area contributed by atoms with E-state index in [1.807, 2.05) is 5.43 Å². The minimum atomic E-state index is -0.201. The highest BCUT2D eigenvalue weighted by atomic mass is 16.5. The van der Waals surface area contributed by atoms with Gasteiger partial charge in [-0.15, -0.1) is 0 Å². The molecule has 5 heteroatoms. The molecule has 70 valence electrons. The molecule has 0 aromatic heterocycles. The van der Waals surface area contributed by atoms with Crippen molar-refractivity contribution in [3.05, 3.63) is 0 Å². The highest BCUT2D eigenvalue weighted by Gasteiger charge is 2.14. The van der Waals surface area contributed by atoms with E-state index in [2.05, 4.69) is 5.32 Å². The van der Waals surface area contributed by atoms with Gasteiger partial charge in [0, 0.05) is 13.2 Å². The van der Waals surface area contributed by atoms with Crippen molar-refractivity contribution < 1.29 is 9.53 Å². The van der Waals surface area contributed by atoms with Gasteiger partial charge < -0.3 is 10.1 Å².